The monoisotopic (exact) mass is 1040 g/mol. The van der Waals surface area contributed by atoms with E-state index in [0.717, 1.165) is 104 Å². The van der Waals surface area contributed by atoms with E-state index in [1.807, 2.05) is 91.0 Å². The molecule has 0 unspecified atom stereocenters. The maximum Gasteiger partial charge on any atom is 0.266 e. The molecule has 5 heteroatoms. The molecule has 10 aromatic rings. The third-order valence-electron chi connectivity index (χ3n) is 17.5. The molecule has 12 rings (SSSR count). The summed E-state index contributed by atoms with van der Waals surface area (Å²) in [5.74, 6) is 3.31. The van der Waals surface area contributed by atoms with E-state index in [1.165, 1.54) is 4.90 Å². The number of imide groups is 1. The molecule has 4 nitrogen and oxygen atoms in total. The van der Waals surface area contributed by atoms with Gasteiger partial charge >= 0.3 is 0 Å². The van der Waals surface area contributed by atoms with Crippen LogP contribution in [0.4, 0.5) is 5.69 Å². The Kier molecular flexibility index (Phi) is 12.9. The molecular formula is C74H65NO3Si. The number of amides is 2. The van der Waals surface area contributed by atoms with Gasteiger partial charge < -0.3 is 0 Å². The van der Waals surface area contributed by atoms with Crippen LogP contribution in [0.15, 0.2) is 182 Å². The summed E-state index contributed by atoms with van der Waals surface area (Å²) in [5, 5.41) is 8.07. The van der Waals surface area contributed by atoms with Crippen LogP contribution in [0.5, 0.6) is 0 Å². The Morgan fingerprint density at radius 2 is 0.759 bits per heavy atom. The number of rotatable bonds is 11. The number of carbonyl (C=O) groups excluding carboxylic acids is 3. The number of anilines is 1. The SMILES string of the molecule is CC(C)c1cccc(C(C)C)c1N1C(=O)c2ccc3c4cccc5c(-c6ccc(C7=C(c8ccccc8)C(=O)C(c8ccccc8)=C7c7ccc(C#C[Si](C(C)C)(C(C)C)C(C)C)cc7)cc6)ccc(c6ccc(c2c36)C1=O)c54. The standard InChI is InChI=1S/C74H65NO3Si/c1-43(2)54-23-17-24-55(44(3)4)71(54)75-73(77)62-39-37-60-58-26-18-25-57-56(35-36-59(68(57)58)61-38-40-63(74(75)78)70(62)69(60)61)49-31-33-53(34-32-49)65-64(52-29-27-48(28-30-52)41-42-79(45(5)6,46(7)8)47(9)10)66(50-19-13-11-14-20-50)72(76)67(65)51-21-15-12-16-22-51/h11-40,43-47H,1-10H3. The Balaban J connectivity index is 0.980. The van der Waals surface area contributed by atoms with Gasteiger partial charge in [0.1, 0.15) is 8.07 Å². The molecule has 1 aliphatic carbocycles. The minimum atomic E-state index is -1.96. The molecule has 0 bridgehead atoms. The first-order chi connectivity index (χ1) is 38.1. The lowest BCUT2D eigenvalue weighted by atomic mass is 9.83. The summed E-state index contributed by atoms with van der Waals surface area (Å²) in [7, 11) is -1.96. The Bertz CT molecular complexity index is 4140. The van der Waals surface area contributed by atoms with E-state index < -0.39 is 8.07 Å². The molecule has 0 atom stereocenters. The fourth-order valence-corrected chi connectivity index (χ4v) is 19.0. The zero-order chi connectivity index (χ0) is 55.2. The Hall–Kier alpha value is -8.43. The lowest BCUT2D eigenvalue weighted by Crippen LogP contribution is -2.43. The van der Waals surface area contributed by atoms with Gasteiger partial charge in [-0.1, -0.05) is 233 Å². The molecule has 0 radical (unpaired) electrons. The van der Waals surface area contributed by atoms with Crippen LogP contribution in [-0.2, 0) is 4.79 Å². The van der Waals surface area contributed by atoms with Crippen LogP contribution in [0.25, 0.3) is 76.5 Å². The molecule has 0 aromatic heterocycles. The van der Waals surface area contributed by atoms with E-state index >= 15 is 4.79 Å². The fraction of sp³-hybridized carbons (Fsp3) is 0.203. The summed E-state index contributed by atoms with van der Waals surface area (Å²) in [5.41, 5.74) is 19.3. The van der Waals surface area contributed by atoms with Crippen LogP contribution < -0.4 is 4.90 Å². The van der Waals surface area contributed by atoms with Crippen molar-refractivity contribution < 1.29 is 14.4 Å². The number of Topliss-reactive ketones (excluding diaryl/α,β-unsaturated/α-hetero) is 1. The van der Waals surface area contributed by atoms with Crippen molar-refractivity contribution in [1.29, 1.82) is 0 Å². The van der Waals surface area contributed by atoms with Crippen LogP contribution in [0.3, 0.4) is 0 Å². The molecule has 0 saturated carbocycles. The van der Waals surface area contributed by atoms with Crippen LogP contribution in [0, 0.1) is 11.5 Å². The van der Waals surface area contributed by atoms with Gasteiger partial charge in [0.25, 0.3) is 11.8 Å². The van der Waals surface area contributed by atoms with E-state index in [9.17, 15) is 9.59 Å². The van der Waals surface area contributed by atoms with Gasteiger partial charge in [-0.3, -0.25) is 14.4 Å². The maximum atomic E-state index is 15.3. The van der Waals surface area contributed by atoms with E-state index in [4.69, 9.17) is 0 Å². The second-order valence-electron chi connectivity index (χ2n) is 23.4. The summed E-state index contributed by atoms with van der Waals surface area (Å²) in [4.78, 5) is 46.6. The molecule has 0 saturated heterocycles. The molecule has 2 aliphatic rings. The minimum absolute atomic E-state index is 0.00353. The zero-order valence-electron chi connectivity index (χ0n) is 46.9. The summed E-state index contributed by atoms with van der Waals surface area (Å²) >= 11 is 0. The summed E-state index contributed by atoms with van der Waals surface area (Å²) in [6, 6.07) is 62.6. The van der Waals surface area contributed by atoms with Gasteiger partial charge in [0, 0.05) is 44.4 Å². The molecule has 79 heavy (non-hydrogen) atoms. The van der Waals surface area contributed by atoms with Crippen LogP contribution >= 0.6 is 0 Å². The van der Waals surface area contributed by atoms with Crippen molar-refractivity contribution in [3.05, 3.63) is 232 Å². The molecule has 0 spiro atoms. The number of nitrogens with zero attached hydrogens (tertiary/aromatic N) is 1. The summed E-state index contributed by atoms with van der Waals surface area (Å²) in [6.45, 7) is 22.5. The van der Waals surface area contributed by atoms with E-state index in [0.29, 0.717) is 44.6 Å². The number of ketones is 1. The Morgan fingerprint density at radius 3 is 1.24 bits per heavy atom. The topological polar surface area (TPSA) is 54.5 Å². The number of benzene rings is 10. The second-order valence-corrected chi connectivity index (χ2v) is 28.9. The highest BCUT2D eigenvalue weighted by Gasteiger charge is 2.42. The van der Waals surface area contributed by atoms with Crippen molar-refractivity contribution in [3.63, 3.8) is 0 Å². The van der Waals surface area contributed by atoms with Gasteiger partial charge in [-0.2, -0.15) is 0 Å². The van der Waals surface area contributed by atoms with Crippen molar-refractivity contribution in [3.8, 4) is 22.6 Å². The van der Waals surface area contributed by atoms with Gasteiger partial charge in [0.05, 0.1) is 5.69 Å². The lowest BCUT2D eigenvalue weighted by Gasteiger charge is -2.38. The fourth-order valence-electron chi connectivity index (χ4n) is 13.8. The number of carbonyl (C=O) groups is 3. The predicted molar refractivity (Wildman–Crippen MR) is 335 cm³/mol. The third-order valence-corrected chi connectivity index (χ3v) is 23.8. The van der Waals surface area contributed by atoms with Crippen molar-refractivity contribution >= 4 is 96.7 Å². The molecule has 1 heterocycles. The van der Waals surface area contributed by atoms with Crippen LogP contribution in [0.2, 0.25) is 16.6 Å². The van der Waals surface area contributed by atoms with Gasteiger partial charge in [-0.25, -0.2) is 4.90 Å². The molecule has 1 aliphatic heterocycles. The Morgan fingerprint density at radius 1 is 0.354 bits per heavy atom. The average molecular weight is 1040 g/mol. The quantitative estimate of drug-likeness (QED) is 0.0426. The van der Waals surface area contributed by atoms with Crippen LogP contribution in [-0.4, -0.2) is 25.7 Å². The largest absolute Gasteiger partial charge is 0.289 e. The number of para-hydroxylation sites is 1. The Labute approximate surface area is 465 Å². The van der Waals surface area contributed by atoms with Gasteiger partial charge in [-0.15, -0.1) is 5.54 Å². The number of hydrogen-bond donors (Lipinski definition) is 0. The third kappa shape index (κ3) is 8.05. The molecule has 2 amide bonds. The normalized spacial score (nSPS) is 14.1. The van der Waals surface area contributed by atoms with E-state index in [1.54, 1.807) is 0 Å². The first-order valence-corrected chi connectivity index (χ1v) is 30.4. The van der Waals surface area contributed by atoms with E-state index in [-0.39, 0.29) is 29.4 Å². The first-order valence-electron chi connectivity index (χ1n) is 28.2. The minimum Gasteiger partial charge on any atom is -0.289 e. The zero-order valence-corrected chi connectivity index (χ0v) is 47.9. The highest BCUT2D eigenvalue weighted by atomic mass is 28.3. The highest BCUT2D eigenvalue weighted by Crippen LogP contribution is 2.52. The summed E-state index contributed by atoms with van der Waals surface area (Å²) in [6.07, 6.45) is 0. The van der Waals surface area contributed by atoms with Crippen molar-refractivity contribution in [1.82, 2.24) is 0 Å². The van der Waals surface area contributed by atoms with E-state index in [2.05, 4.69) is 172 Å². The van der Waals surface area contributed by atoms with Gasteiger partial charge in [0.2, 0.25) is 0 Å². The predicted octanol–water partition coefficient (Wildman–Crippen LogP) is 19.1. The first kappa shape index (κ1) is 51.3. The van der Waals surface area contributed by atoms with Crippen molar-refractivity contribution in [2.75, 3.05) is 4.90 Å². The molecule has 10 aromatic carbocycles. The number of fused-ring (bicyclic) bond motifs is 2. The number of allylic oxidation sites excluding steroid dienone is 4. The van der Waals surface area contributed by atoms with Crippen LogP contribution in [0.1, 0.15) is 141 Å². The smallest absolute Gasteiger partial charge is 0.266 e. The molecular weight excluding hydrogens is 979 g/mol. The molecule has 388 valence electrons. The molecule has 0 N–H and O–H groups in total. The van der Waals surface area contributed by atoms with Crippen molar-refractivity contribution in [2.24, 2.45) is 0 Å². The van der Waals surface area contributed by atoms with Gasteiger partial charge in [0.15, 0.2) is 5.78 Å². The maximum absolute atomic E-state index is 15.3. The average Bonchev–Trinajstić information content (AvgIpc) is 3.76. The lowest BCUT2D eigenvalue weighted by molar-refractivity contribution is -0.108. The second kappa shape index (κ2) is 19.8. The van der Waals surface area contributed by atoms with Gasteiger partial charge in [-0.05, 0) is 135 Å². The number of hydrogen-bond acceptors (Lipinski definition) is 3. The summed E-state index contributed by atoms with van der Waals surface area (Å²) < 4.78 is 0. The highest BCUT2D eigenvalue weighted by molar-refractivity contribution is 6.90. The molecule has 0 fully saturated rings. The van der Waals surface area contributed by atoms with Crippen molar-refractivity contribution in [2.45, 2.75) is 97.7 Å².